The van der Waals surface area contributed by atoms with Crippen LogP contribution in [-0.2, 0) is 4.84 Å². The molecule has 0 spiro atoms. The van der Waals surface area contributed by atoms with E-state index in [0.717, 1.165) is 5.56 Å². The van der Waals surface area contributed by atoms with Crippen LogP contribution in [0.1, 0.15) is 12.0 Å². The third-order valence-electron chi connectivity index (χ3n) is 2.34. The normalized spacial score (nSPS) is 10.2. The number of hydrogen-bond donors (Lipinski definition) is 1. The predicted molar refractivity (Wildman–Crippen MR) is 81.7 cm³/mol. The van der Waals surface area contributed by atoms with Crippen molar-refractivity contribution in [3.05, 3.63) is 33.3 Å². The van der Waals surface area contributed by atoms with Gasteiger partial charge < -0.3 is 14.3 Å². The van der Waals surface area contributed by atoms with Crippen molar-refractivity contribution < 1.29 is 14.3 Å². The minimum atomic E-state index is 0.162. The number of ether oxygens (including phenoxy) is 2. The zero-order valence-corrected chi connectivity index (χ0v) is 13.3. The molecule has 0 bridgehead atoms. The van der Waals surface area contributed by atoms with E-state index in [0.29, 0.717) is 36.2 Å². The van der Waals surface area contributed by atoms with Crippen LogP contribution in [0.2, 0.25) is 5.02 Å². The standard InChI is InChI=1S/C13H16Cl3NO3/c1-9-7-10(18-6-3-12(15)16)8-11(14)13(9)19-4-2-5-20-17/h3,7-8H,2,4-6,17H2,1H3. The van der Waals surface area contributed by atoms with Crippen molar-refractivity contribution in [1.82, 2.24) is 0 Å². The molecule has 1 aromatic carbocycles. The van der Waals surface area contributed by atoms with Crippen LogP contribution in [0, 0.1) is 6.92 Å². The topological polar surface area (TPSA) is 53.7 Å². The largest absolute Gasteiger partial charge is 0.492 e. The van der Waals surface area contributed by atoms with Crippen LogP contribution in [-0.4, -0.2) is 19.8 Å². The van der Waals surface area contributed by atoms with Gasteiger partial charge in [-0.15, -0.1) is 0 Å². The van der Waals surface area contributed by atoms with Crippen molar-refractivity contribution in [2.75, 3.05) is 19.8 Å². The van der Waals surface area contributed by atoms with Gasteiger partial charge in [-0.25, -0.2) is 5.90 Å². The summed E-state index contributed by atoms with van der Waals surface area (Å²) in [5.41, 5.74) is 0.877. The molecule has 0 saturated heterocycles. The highest BCUT2D eigenvalue weighted by Crippen LogP contribution is 2.33. The third-order valence-corrected chi connectivity index (χ3v) is 2.93. The second-order valence-electron chi connectivity index (χ2n) is 3.93. The van der Waals surface area contributed by atoms with Gasteiger partial charge in [0.05, 0.1) is 18.2 Å². The van der Waals surface area contributed by atoms with Gasteiger partial charge in [0.15, 0.2) is 0 Å². The fourth-order valence-corrected chi connectivity index (χ4v) is 1.92. The molecule has 1 aromatic rings. The van der Waals surface area contributed by atoms with E-state index in [9.17, 15) is 0 Å². The Morgan fingerprint density at radius 2 is 2.00 bits per heavy atom. The van der Waals surface area contributed by atoms with Crippen molar-refractivity contribution in [1.29, 1.82) is 0 Å². The first-order chi connectivity index (χ1) is 9.54. The summed E-state index contributed by atoms with van der Waals surface area (Å²) in [7, 11) is 0. The highest BCUT2D eigenvalue weighted by molar-refractivity contribution is 6.55. The lowest BCUT2D eigenvalue weighted by Crippen LogP contribution is -2.07. The van der Waals surface area contributed by atoms with Crippen LogP contribution in [0.3, 0.4) is 0 Å². The molecule has 0 atom stereocenters. The van der Waals surface area contributed by atoms with Gasteiger partial charge in [-0.2, -0.15) is 0 Å². The second kappa shape index (κ2) is 9.32. The highest BCUT2D eigenvalue weighted by Gasteiger charge is 2.08. The van der Waals surface area contributed by atoms with Crippen LogP contribution in [0.15, 0.2) is 22.7 Å². The van der Waals surface area contributed by atoms with Gasteiger partial charge in [-0.1, -0.05) is 34.8 Å². The number of rotatable bonds is 8. The summed E-state index contributed by atoms with van der Waals surface area (Å²) in [4.78, 5) is 4.46. The number of halogens is 3. The average Bonchev–Trinajstić information content (AvgIpc) is 2.36. The molecule has 0 radical (unpaired) electrons. The minimum absolute atomic E-state index is 0.162. The Bertz CT molecular complexity index is 439. The number of benzene rings is 1. The second-order valence-corrected chi connectivity index (χ2v) is 5.34. The van der Waals surface area contributed by atoms with E-state index in [1.807, 2.05) is 13.0 Å². The molecule has 0 saturated carbocycles. The van der Waals surface area contributed by atoms with E-state index in [1.54, 1.807) is 12.1 Å². The minimum Gasteiger partial charge on any atom is -0.492 e. The van der Waals surface area contributed by atoms with Crippen molar-refractivity contribution in [3.63, 3.8) is 0 Å². The van der Waals surface area contributed by atoms with Gasteiger partial charge in [-0.05, 0) is 24.6 Å². The van der Waals surface area contributed by atoms with E-state index >= 15 is 0 Å². The molecule has 2 N–H and O–H groups in total. The molecular formula is C13H16Cl3NO3. The van der Waals surface area contributed by atoms with Crippen LogP contribution in [0.25, 0.3) is 0 Å². The first-order valence-corrected chi connectivity index (χ1v) is 7.06. The summed E-state index contributed by atoms with van der Waals surface area (Å²) in [6, 6.07) is 3.51. The first-order valence-electron chi connectivity index (χ1n) is 5.93. The number of aryl methyl sites for hydroxylation is 1. The smallest absolute Gasteiger partial charge is 0.141 e. The molecule has 7 heteroatoms. The molecule has 0 fully saturated rings. The molecular weight excluding hydrogens is 325 g/mol. The quantitative estimate of drug-likeness (QED) is 0.574. The Labute approximate surface area is 133 Å². The van der Waals surface area contributed by atoms with Crippen molar-refractivity contribution in [2.45, 2.75) is 13.3 Å². The Balaban J connectivity index is 2.63. The highest BCUT2D eigenvalue weighted by atomic mass is 35.5. The third kappa shape index (κ3) is 6.20. The maximum absolute atomic E-state index is 6.16. The Hall–Kier alpha value is -0.650. The molecule has 4 nitrogen and oxygen atoms in total. The lowest BCUT2D eigenvalue weighted by Gasteiger charge is -2.13. The molecule has 0 heterocycles. The maximum atomic E-state index is 6.16. The zero-order valence-electron chi connectivity index (χ0n) is 11.0. The SMILES string of the molecule is Cc1cc(OCC=C(Cl)Cl)cc(Cl)c1OCCCON. The van der Waals surface area contributed by atoms with Gasteiger partial charge >= 0.3 is 0 Å². The van der Waals surface area contributed by atoms with Crippen LogP contribution >= 0.6 is 34.8 Å². The molecule has 20 heavy (non-hydrogen) atoms. The monoisotopic (exact) mass is 339 g/mol. The zero-order chi connectivity index (χ0) is 15.0. The summed E-state index contributed by atoms with van der Waals surface area (Å²) in [5.74, 6) is 6.18. The number of hydrogen-bond acceptors (Lipinski definition) is 4. The van der Waals surface area contributed by atoms with Gasteiger partial charge in [0.2, 0.25) is 0 Å². The Kier molecular flexibility index (Phi) is 8.11. The lowest BCUT2D eigenvalue weighted by atomic mass is 10.2. The fourth-order valence-electron chi connectivity index (χ4n) is 1.48. The van der Waals surface area contributed by atoms with Gasteiger partial charge in [-0.3, -0.25) is 0 Å². The summed E-state index contributed by atoms with van der Waals surface area (Å²) in [6.45, 7) is 3.07. The van der Waals surface area contributed by atoms with Crippen LogP contribution in [0.5, 0.6) is 11.5 Å². The summed E-state index contributed by atoms with van der Waals surface area (Å²) in [6.07, 6.45) is 2.23. The maximum Gasteiger partial charge on any atom is 0.141 e. The Morgan fingerprint density at radius 1 is 1.25 bits per heavy atom. The average molecular weight is 341 g/mol. The van der Waals surface area contributed by atoms with E-state index in [1.165, 1.54) is 0 Å². The van der Waals surface area contributed by atoms with Crippen LogP contribution < -0.4 is 15.4 Å². The molecule has 0 aliphatic rings. The molecule has 0 amide bonds. The first kappa shape index (κ1) is 17.4. The number of nitrogens with two attached hydrogens (primary N) is 1. The van der Waals surface area contributed by atoms with E-state index in [2.05, 4.69) is 4.84 Å². The predicted octanol–water partition coefficient (Wildman–Crippen LogP) is 4.01. The molecule has 0 unspecified atom stereocenters. The fraction of sp³-hybridized carbons (Fsp3) is 0.385. The Morgan fingerprint density at radius 3 is 2.60 bits per heavy atom. The van der Waals surface area contributed by atoms with Gasteiger partial charge in [0.1, 0.15) is 22.6 Å². The molecule has 0 aliphatic carbocycles. The van der Waals surface area contributed by atoms with Crippen molar-refractivity contribution in [3.8, 4) is 11.5 Å². The van der Waals surface area contributed by atoms with Gasteiger partial charge in [0, 0.05) is 12.5 Å². The molecule has 112 valence electrons. The van der Waals surface area contributed by atoms with E-state index in [4.69, 9.17) is 50.2 Å². The van der Waals surface area contributed by atoms with E-state index in [-0.39, 0.29) is 11.1 Å². The van der Waals surface area contributed by atoms with E-state index < -0.39 is 0 Å². The summed E-state index contributed by atoms with van der Waals surface area (Å²) < 4.78 is 11.2. The summed E-state index contributed by atoms with van der Waals surface area (Å²) in [5, 5.41) is 0.481. The van der Waals surface area contributed by atoms with Crippen molar-refractivity contribution in [2.24, 2.45) is 5.90 Å². The van der Waals surface area contributed by atoms with Crippen LogP contribution in [0.4, 0.5) is 0 Å². The van der Waals surface area contributed by atoms with Gasteiger partial charge in [0.25, 0.3) is 0 Å². The summed E-state index contributed by atoms with van der Waals surface area (Å²) >= 11 is 17.2. The molecule has 0 aromatic heterocycles. The molecule has 1 rings (SSSR count). The van der Waals surface area contributed by atoms with Crippen molar-refractivity contribution >= 4 is 34.8 Å². The molecule has 0 aliphatic heterocycles. The lowest BCUT2D eigenvalue weighted by molar-refractivity contribution is 0.122.